The number of aliphatic imine (C=N–C) groups is 1. The van der Waals surface area contributed by atoms with Gasteiger partial charge in [0.25, 0.3) is 0 Å². The summed E-state index contributed by atoms with van der Waals surface area (Å²) in [6.07, 6.45) is 1.55. The van der Waals surface area contributed by atoms with Crippen molar-refractivity contribution in [2.75, 3.05) is 6.61 Å². The Hall–Kier alpha value is -1.83. The lowest BCUT2D eigenvalue weighted by Crippen LogP contribution is -1.97. The molecule has 1 atom stereocenters. The van der Waals surface area contributed by atoms with Crippen molar-refractivity contribution in [3.05, 3.63) is 48.0 Å². The number of fused-ring (bicyclic) bond motifs is 1. The zero-order valence-electron chi connectivity index (χ0n) is 8.26. The van der Waals surface area contributed by atoms with Gasteiger partial charge < -0.3 is 4.74 Å². The Morgan fingerprint density at radius 2 is 1.93 bits per heavy atom. The van der Waals surface area contributed by atoms with Gasteiger partial charge in [0, 0.05) is 0 Å². The van der Waals surface area contributed by atoms with Crippen LogP contribution in [-0.4, -0.2) is 13.0 Å². The molecule has 0 spiro atoms. The molecule has 1 unspecified atom stereocenters. The summed E-state index contributed by atoms with van der Waals surface area (Å²) in [5.74, 6) is 0. The van der Waals surface area contributed by atoms with Crippen molar-refractivity contribution in [2.45, 2.75) is 6.04 Å². The predicted octanol–water partition coefficient (Wildman–Crippen LogP) is 2.94. The summed E-state index contributed by atoms with van der Waals surface area (Å²) >= 11 is 0. The molecule has 0 bridgehead atoms. The molecular formula is C13H11NO. The van der Waals surface area contributed by atoms with Crippen LogP contribution in [-0.2, 0) is 4.74 Å². The van der Waals surface area contributed by atoms with Gasteiger partial charge in [0.2, 0.25) is 0 Å². The quantitative estimate of drug-likeness (QED) is 0.688. The van der Waals surface area contributed by atoms with Crippen molar-refractivity contribution >= 4 is 17.2 Å². The second kappa shape index (κ2) is 3.39. The Balaban J connectivity index is 2.21. The van der Waals surface area contributed by atoms with Crippen molar-refractivity contribution in [1.82, 2.24) is 0 Å². The highest BCUT2D eigenvalue weighted by molar-refractivity contribution is 5.86. The van der Waals surface area contributed by atoms with Crippen molar-refractivity contribution in [1.29, 1.82) is 0 Å². The number of nitrogens with zero attached hydrogens (tertiary/aromatic N) is 1. The van der Waals surface area contributed by atoms with E-state index >= 15 is 0 Å². The van der Waals surface area contributed by atoms with E-state index in [-0.39, 0.29) is 6.04 Å². The smallest absolute Gasteiger partial charge is 0.170 e. The molecule has 2 aromatic rings. The third kappa shape index (κ3) is 1.38. The van der Waals surface area contributed by atoms with Gasteiger partial charge in [-0.1, -0.05) is 42.5 Å². The maximum atomic E-state index is 5.17. The van der Waals surface area contributed by atoms with E-state index in [1.165, 1.54) is 16.3 Å². The van der Waals surface area contributed by atoms with Crippen LogP contribution in [0.15, 0.2) is 47.5 Å². The van der Waals surface area contributed by atoms with Gasteiger partial charge in [-0.3, -0.25) is 0 Å². The molecule has 1 aliphatic heterocycles. The number of benzene rings is 2. The van der Waals surface area contributed by atoms with Gasteiger partial charge in [-0.05, 0) is 16.3 Å². The first-order chi connectivity index (χ1) is 7.45. The molecule has 0 fully saturated rings. The second-order valence-corrected chi connectivity index (χ2v) is 3.67. The summed E-state index contributed by atoms with van der Waals surface area (Å²) in [6.45, 7) is 0.661. The van der Waals surface area contributed by atoms with Crippen molar-refractivity contribution in [3.8, 4) is 0 Å². The highest BCUT2D eigenvalue weighted by Crippen LogP contribution is 2.28. The van der Waals surface area contributed by atoms with E-state index in [0.717, 1.165) is 0 Å². The monoisotopic (exact) mass is 197 g/mol. The Morgan fingerprint density at radius 3 is 2.80 bits per heavy atom. The molecule has 0 saturated carbocycles. The fourth-order valence-corrected chi connectivity index (χ4v) is 2.00. The predicted molar refractivity (Wildman–Crippen MR) is 61.1 cm³/mol. The number of rotatable bonds is 1. The molecule has 0 aromatic heterocycles. The van der Waals surface area contributed by atoms with E-state index < -0.39 is 0 Å². The number of hydrogen-bond acceptors (Lipinski definition) is 2. The van der Waals surface area contributed by atoms with Crippen LogP contribution in [0.1, 0.15) is 11.6 Å². The van der Waals surface area contributed by atoms with E-state index in [0.29, 0.717) is 6.61 Å². The zero-order valence-corrected chi connectivity index (χ0v) is 8.26. The summed E-state index contributed by atoms with van der Waals surface area (Å²) in [4.78, 5) is 4.31. The highest BCUT2D eigenvalue weighted by atomic mass is 16.5. The van der Waals surface area contributed by atoms with Crippen LogP contribution in [0.5, 0.6) is 0 Å². The molecule has 0 radical (unpaired) electrons. The van der Waals surface area contributed by atoms with Crippen LogP contribution >= 0.6 is 0 Å². The normalized spacial score (nSPS) is 19.3. The first kappa shape index (κ1) is 8.48. The van der Waals surface area contributed by atoms with Crippen LogP contribution in [0.2, 0.25) is 0 Å². The van der Waals surface area contributed by atoms with E-state index in [4.69, 9.17) is 4.74 Å². The van der Waals surface area contributed by atoms with Gasteiger partial charge in [-0.2, -0.15) is 0 Å². The van der Waals surface area contributed by atoms with Crippen LogP contribution in [0.4, 0.5) is 0 Å². The molecule has 74 valence electrons. The lowest BCUT2D eigenvalue weighted by atomic mass is 10.00. The second-order valence-electron chi connectivity index (χ2n) is 3.67. The van der Waals surface area contributed by atoms with Crippen LogP contribution in [0.3, 0.4) is 0 Å². The molecule has 1 heterocycles. The molecule has 2 heteroatoms. The van der Waals surface area contributed by atoms with Crippen molar-refractivity contribution < 1.29 is 4.74 Å². The SMILES string of the molecule is C1=NC(c2cccc3ccccc23)CO1. The first-order valence-corrected chi connectivity index (χ1v) is 5.06. The average molecular weight is 197 g/mol. The third-order valence-electron chi connectivity index (χ3n) is 2.75. The minimum Gasteiger partial charge on any atom is -0.481 e. The molecule has 15 heavy (non-hydrogen) atoms. The Kier molecular flexibility index (Phi) is 1.91. The van der Waals surface area contributed by atoms with Gasteiger partial charge in [0.15, 0.2) is 6.40 Å². The van der Waals surface area contributed by atoms with Crippen molar-refractivity contribution in [3.63, 3.8) is 0 Å². The maximum absolute atomic E-state index is 5.17. The van der Waals surface area contributed by atoms with Crippen LogP contribution < -0.4 is 0 Å². The van der Waals surface area contributed by atoms with E-state index in [1.807, 2.05) is 0 Å². The standard InChI is InChI=1S/C13H11NO/c1-2-6-11-10(4-1)5-3-7-12(11)13-8-15-9-14-13/h1-7,9,13H,8H2. The highest BCUT2D eigenvalue weighted by Gasteiger charge is 2.16. The molecule has 0 amide bonds. The average Bonchev–Trinajstić information content (AvgIpc) is 2.82. The number of hydrogen-bond donors (Lipinski definition) is 0. The van der Waals surface area contributed by atoms with E-state index in [1.54, 1.807) is 6.40 Å². The summed E-state index contributed by atoms with van der Waals surface area (Å²) < 4.78 is 5.17. The summed E-state index contributed by atoms with van der Waals surface area (Å²) in [7, 11) is 0. The van der Waals surface area contributed by atoms with Crippen LogP contribution in [0, 0.1) is 0 Å². The van der Waals surface area contributed by atoms with E-state index in [2.05, 4.69) is 47.5 Å². The molecule has 2 aromatic carbocycles. The summed E-state index contributed by atoms with van der Waals surface area (Å²) in [5.41, 5.74) is 1.25. The van der Waals surface area contributed by atoms with Gasteiger partial charge in [-0.25, -0.2) is 4.99 Å². The molecular weight excluding hydrogens is 186 g/mol. The lowest BCUT2D eigenvalue weighted by Gasteiger charge is -2.09. The molecule has 0 N–H and O–H groups in total. The van der Waals surface area contributed by atoms with Gasteiger partial charge in [-0.15, -0.1) is 0 Å². The van der Waals surface area contributed by atoms with Gasteiger partial charge >= 0.3 is 0 Å². The van der Waals surface area contributed by atoms with Gasteiger partial charge in [0.1, 0.15) is 12.6 Å². The largest absolute Gasteiger partial charge is 0.481 e. The fraction of sp³-hybridized carbons (Fsp3) is 0.154. The maximum Gasteiger partial charge on any atom is 0.170 e. The third-order valence-corrected chi connectivity index (χ3v) is 2.75. The summed E-state index contributed by atoms with van der Waals surface area (Å²) in [6, 6.07) is 14.9. The lowest BCUT2D eigenvalue weighted by molar-refractivity contribution is 0.331. The molecule has 2 nitrogen and oxygen atoms in total. The minimum atomic E-state index is 0.163. The molecule has 1 aliphatic rings. The number of ether oxygens (including phenoxy) is 1. The Labute approximate surface area is 88.2 Å². The van der Waals surface area contributed by atoms with Crippen molar-refractivity contribution in [2.24, 2.45) is 4.99 Å². The topological polar surface area (TPSA) is 21.6 Å². The fourth-order valence-electron chi connectivity index (χ4n) is 2.00. The minimum absolute atomic E-state index is 0.163. The first-order valence-electron chi connectivity index (χ1n) is 5.06. The van der Waals surface area contributed by atoms with E-state index in [9.17, 15) is 0 Å². The Morgan fingerprint density at radius 1 is 1.07 bits per heavy atom. The van der Waals surface area contributed by atoms with Crippen LogP contribution in [0.25, 0.3) is 10.8 Å². The Bertz CT molecular complexity index is 513. The zero-order chi connectivity index (χ0) is 10.1. The van der Waals surface area contributed by atoms with Gasteiger partial charge in [0.05, 0.1) is 0 Å². The molecule has 3 rings (SSSR count). The summed E-state index contributed by atoms with van der Waals surface area (Å²) in [5, 5.41) is 2.53. The molecule has 0 aliphatic carbocycles. The molecule has 0 saturated heterocycles.